The summed E-state index contributed by atoms with van der Waals surface area (Å²) in [6, 6.07) is 9.42. The van der Waals surface area contributed by atoms with Gasteiger partial charge in [0, 0.05) is 16.1 Å². The quantitative estimate of drug-likeness (QED) is 0.895. The number of nitrogens with zero attached hydrogens (tertiary/aromatic N) is 1. The lowest BCUT2D eigenvalue weighted by Gasteiger charge is -1.94. The first-order valence-corrected chi connectivity index (χ1v) is 4.91. The fourth-order valence-corrected chi connectivity index (χ4v) is 1.40. The maximum absolute atomic E-state index is 8.81. The molecule has 3 nitrogen and oxygen atoms in total. The highest BCUT2D eigenvalue weighted by Crippen LogP contribution is 2.22. The Balaban J connectivity index is 2.34. The number of halogens is 1. The molecule has 4 heteroatoms. The molecule has 2 aromatic rings. The van der Waals surface area contributed by atoms with Crippen LogP contribution >= 0.6 is 15.9 Å². The lowest BCUT2D eigenvalue weighted by atomic mass is 10.2. The molecule has 0 radical (unpaired) electrons. The Kier molecular flexibility index (Phi) is 2.65. The van der Waals surface area contributed by atoms with Crippen molar-refractivity contribution in [3.05, 3.63) is 40.5 Å². The van der Waals surface area contributed by atoms with Gasteiger partial charge >= 0.3 is 0 Å². The molecule has 0 saturated carbocycles. The van der Waals surface area contributed by atoms with E-state index in [1.54, 1.807) is 6.07 Å². The second-order valence-electron chi connectivity index (χ2n) is 2.85. The monoisotopic (exact) mass is 253 g/mol. The van der Waals surface area contributed by atoms with Gasteiger partial charge in [0.25, 0.3) is 0 Å². The summed E-state index contributed by atoms with van der Waals surface area (Å²) in [7, 11) is 0. The predicted molar refractivity (Wildman–Crippen MR) is 55.6 cm³/mol. The summed E-state index contributed by atoms with van der Waals surface area (Å²) in [6.45, 7) is -0.0972. The fourth-order valence-electron chi connectivity index (χ4n) is 1.14. The highest BCUT2D eigenvalue weighted by Gasteiger charge is 2.04. The molecule has 1 aromatic heterocycles. The molecule has 0 aliphatic heterocycles. The summed E-state index contributed by atoms with van der Waals surface area (Å²) in [4.78, 5) is 0. The molecule has 0 atom stereocenters. The van der Waals surface area contributed by atoms with Crippen LogP contribution in [0.1, 0.15) is 5.69 Å². The maximum atomic E-state index is 8.81. The SMILES string of the molecule is OCc1cc(-c2ccc(Br)cc2)on1. The van der Waals surface area contributed by atoms with Crippen molar-refractivity contribution in [1.29, 1.82) is 0 Å². The second-order valence-corrected chi connectivity index (χ2v) is 3.76. The summed E-state index contributed by atoms with van der Waals surface area (Å²) in [5.74, 6) is 0.668. The molecule has 0 unspecified atom stereocenters. The summed E-state index contributed by atoms with van der Waals surface area (Å²) < 4.78 is 6.07. The van der Waals surface area contributed by atoms with Crippen LogP contribution in [0.3, 0.4) is 0 Å². The Labute approximate surface area is 89.5 Å². The Morgan fingerprint density at radius 3 is 2.57 bits per heavy atom. The third-order valence-electron chi connectivity index (χ3n) is 1.85. The summed E-state index contributed by atoms with van der Waals surface area (Å²) >= 11 is 3.35. The molecule has 0 aliphatic carbocycles. The minimum Gasteiger partial charge on any atom is -0.390 e. The lowest BCUT2D eigenvalue weighted by Crippen LogP contribution is -1.78. The molecular weight excluding hydrogens is 246 g/mol. The van der Waals surface area contributed by atoms with Crippen molar-refractivity contribution >= 4 is 15.9 Å². The molecule has 0 amide bonds. The average molecular weight is 254 g/mol. The Hall–Kier alpha value is -1.13. The number of hydrogen-bond donors (Lipinski definition) is 1. The van der Waals surface area contributed by atoms with Crippen LogP contribution in [-0.2, 0) is 6.61 Å². The minimum atomic E-state index is -0.0972. The molecule has 0 saturated heterocycles. The van der Waals surface area contributed by atoms with E-state index in [1.165, 1.54) is 0 Å². The molecule has 0 spiro atoms. The third kappa shape index (κ3) is 1.86. The van der Waals surface area contributed by atoms with Gasteiger partial charge in [0.05, 0.1) is 6.61 Å². The number of aliphatic hydroxyl groups is 1. The van der Waals surface area contributed by atoms with Crippen LogP contribution in [0.2, 0.25) is 0 Å². The van der Waals surface area contributed by atoms with Gasteiger partial charge in [-0.25, -0.2) is 0 Å². The van der Waals surface area contributed by atoms with Crippen LogP contribution in [0.5, 0.6) is 0 Å². The predicted octanol–water partition coefficient (Wildman–Crippen LogP) is 2.60. The van der Waals surface area contributed by atoms with E-state index in [0.717, 1.165) is 10.0 Å². The largest absolute Gasteiger partial charge is 0.390 e. The number of hydrogen-bond acceptors (Lipinski definition) is 3. The third-order valence-corrected chi connectivity index (χ3v) is 2.38. The van der Waals surface area contributed by atoms with Crippen LogP contribution in [-0.4, -0.2) is 10.3 Å². The topological polar surface area (TPSA) is 46.3 Å². The number of aromatic nitrogens is 1. The molecule has 1 heterocycles. The van der Waals surface area contributed by atoms with E-state index in [4.69, 9.17) is 9.63 Å². The first-order valence-electron chi connectivity index (χ1n) is 4.12. The molecule has 1 aromatic carbocycles. The number of aliphatic hydroxyl groups excluding tert-OH is 1. The molecular formula is C10H8BrNO2. The zero-order valence-corrected chi connectivity index (χ0v) is 8.86. The van der Waals surface area contributed by atoms with Crippen molar-refractivity contribution in [1.82, 2.24) is 5.16 Å². The van der Waals surface area contributed by atoms with Crippen LogP contribution in [0, 0.1) is 0 Å². The fraction of sp³-hybridized carbons (Fsp3) is 0.100. The molecule has 14 heavy (non-hydrogen) atoms. The Bertz CT molecular complexity index is 422. The van der Waals surface area contributed by atoms with Gasteiger partial charge in [0.15, 0.2) is 5.76 Å². The van der Waals surface area contributed by atoms with Gasteiger partial charge < -0.3 is 9.63 Å². The van der Waals surface area contributed by atoms with Crippen molar-refractivity contribution in [2.24, 2.45) is 0 Å². The number of rotatable bonds is 2. The highest BCUT2D eigenvalue weighted by molar-refractivity contribution is 9.10. The highest BCUT2D eigenvalue weighted by atomic mass is 79.9. The van der Waals surface area contributed by atoms with Crippen molar-refractivity contribution < 1.29 is 9.63 Å². The van der Waals surface area contributed by atoms with Gasteiger partial charge in [-0.1, -0.05) is 33.2 Å². The van der Waals surface area contributed by atoms with Crippen LogP contribution in [0.25, 0.3) is 11.3 Å². The summed E-state index contributed by atoms with van der Waals surface area (Å²) in [5, 5.41) is 12.5. The van der Waals surface area contributed by atoms with Gasteiger partial charge in [0.1, 0.15) is 5.69 Å². The summed E-state index contributed by atoms with van der Waals surface area (Å²) in [6.07, 6.45) is 0. The van der Waals surface area contributed by atoms with Crippen molar-refractivity contribution in [2.75, 3.05) is 0 Å². The van der Waals surface area contributed by atoms with E-state index in [2.05, 4.69) is 21.1 Å². The van der Waals surface area contributed by atoms with Crippen LogP contribution < -0.4 is 0 Å². The van der Waals surface area contributed by atoms with E-state index in [9.17, 15) is 0 Å². The summed E-state index contributed by atoms with van der Waals surface area (Å²) in [5.41, 5.74) is 1.49. The van der Waals surface area contributed by atoms with Gasteiger partial charge in [-0.05, 0) is 12.1 Å². The first kappa shape index (κ1) is 9.43. The molecule has 2 rings (SSSR count). The van der Waals surface area contributed by atoms with Gasteiger partial charge in [-0.2, -0.15) is 0 Å². The van der Waals surface area contributed by atoms with Crippen molar-refractivity contribution in [3.8, 4) is 11.3 Å². The zero-order valence-electron chi connectivity index (χ0n) is 7.27. The second kappa shape index (κ2) is 3.94. The van der Waals surface area contributed by atoms with E-state index in [1.807, 2.05) is 24.3 Å². The van der Waals surface area contributed by atoms with Crippen LogP contribution in [0.15, 0.2) is 39.3 Å². The van der Waals surface area contributed by atoms with Gasteiger partial charge in [0.2, 0.25) is 0 Å². The zero-order chi connectivity index (χ0) is 9.97. The normalized spacial score (nSPS) is 10.4. The average Bonchev–Trinajstić information content (AvgIpc) is 2.67. The lowest BCUT2D eigenvalue weighted by molar-refractivity contribution is 0.267. The maximum Gasteiger partial charge on any atom is 0.167 e. The van der Waals surface area contributed by atoms with Crippen LogP contribution in [0.4, 0.5) is 0 Å². The smallest absolute Gasteiger partial charge is 0.167 e. The van der Waals surface area contributed by atoms with E-state index in [0.29, 0.717) is 11.5 Å². The van der Waals surface area contributed by atoms with Gasteiger partial charge in [-0.3, -0.25) is 0 Å². The standard InChI is InChI=1S/C10H8BrNO2/c11-8-3-1-7(2-4-8)10-5-9(6-13)12-14-10/h1-5,13H,6H2. The molecule has 0 fully saturated rings. The Morgan fingerprint density at radius 2 is 2.00 bits per heavy atom. The molecule has 0 bridgehead atoms. The van der Waals surface area contributed by atoms with E-state index < -0.39 is 0 Å². The van der Waals surface area contributed by atoms with Crippen molar-refractivity contribution in [2.45, 2.75) is 6.61 Å². The molecule has 0 aliphatic rings. The minimum absolute atomic E-state index is 0.0972. The van der Waals surface area contributed by atoms with E-state index in [-0.39, 0.29) is 6.61 Å². The van der Waals surface area contributed by atoms with Crippen molar-refractivity contribution in [3.63, 3.8) is 0 Å². The Morgan fingerprint density at radius 1 is 1.29 bits per heavy atom. The van der Waals surface area contributed by atoms with Gasteiger partial charge in [-0.15, -0.1) is 0 Å². The molecule has 72 valence electrons. The number of benzene rings is 1. The molecule has 1 N–H and O–H groups in total. The van der Waals surface area contributed by atoms with E-state index >= 15 is 0 Å². The first-order chi connectivity index (χ1) is 6.79.